The van der Waals surface area contributed by atoms with Gasteiger partial charge < -0.3 is 15.4 Å². The lowest BCUT2D eigenvalue weighted by molar-refractivity contribution is -0.145. The molecule has 3 aromatic carbocycles. The van der Waals surface area contributed by atoms with Crippen LogP contribution in [0.25, 0.3) is 10.8 Å². The van der Waals surface area contributed by atoms with Crippen LogP contribution in [-0.2, 0) is 32.0 Å². The predicted molar refractivity (Wildman–Crippen MR) is 119 cm³/mol. The molecule has 0 aliphatic rings. The van der Waals surface area contributed by atoms with Crippen LogP contribution in [-0.4, -0.2) is 37.0 Å². The third-order valence-corrected chi connectivity index (χ3v) is 5.13. The first-order valence-corrected chi connectivity index (χ1v) is 10.2. The fourth-order valence-corrected chi connectivity index (χ4v) is 3.55. The second-order valence-corrected chi connectivity index (χ2v) is 7.52. The number of amides is 2. The summed E-state index contributed by atoms with van der Waals surface area (Å²) >= 11 is 0. The Morgan fingerprint density at radius 2 is 1.56 bits per heavy atom. The third kappa shape index (κ3) is 5.91. The topological polar surface area (TPSA) is 84.5 Å². The first kappa shape index (κ1) is 22.9. The highest BCUT2D eigenvalue weighted by Crippen LogP contribution is 2.17. The highest BCUT2D eigenvalue weighted by Gasteiger charge is 2.28. The minimum absolute atomic E-state index is 0.0536. The van der Waals surface area contributed by atoms with Gasteiger partial charge in [-0.25, -0.2) is 9.18 Å². The van der Waals surface area contributed by atoms with Crippen molar-refractivity contribution in [2.75, 3.05) is 7.11 Å². The SMILES string of the molecule is COC(=O)[C@@H](Cc1ccc2ccccc2c1)NC(=O)[C@@H](Cc1ccccc1F)NC(C)=O. The summed E-state index contributed by atoms with van der Waals surface area (Å²) in [5.41, 5.74) is 1.12. The van der Waals surface area contributed by atoms with Gasteiger partial charge in [-0.1, -0.05) is 60.7 Å². The number of benzene rings is 3. The van der Waals surface area contributed by atoms with E-state index in [1.165, 1.54) is 20.1 Å². The van der Waals surface area contributed by atoms with Crippen molar-refractivity contribution in [1.82, 2.24) is 10.6 Å². The number of methoxy groups -OCH3 is 1. The maximum absolute atomic E-state index is 14.1. The Hall–Kier alpha value is -3.74. The molecule has 0 spiro atoms. The average Bonchev–Trinajstić information content (AvgIpc) is 2.78. The summed E-state index contributed by atoms with van der Waals surface area (Å²) in [5.74, 6) is -2.12. The molecule has 0 aliphatic heterocycles. The summed E-state index contributed by atoms with van der Waals surface area (Å²) in [6.45, 7) is 1.27. The lowest BCUT2D eigenvalue weighted by atomic mass is 10.0. The van der Waals surface area contributed by atoms with Crippen LogP contribution in [0.3, 0.4) is 0 Å². The molecule has 2 N–H and O–H groups in total. The number of ether oxygens (including phenoxy) is 1. The van der Waals surface area contributed by atoms with Crippen molar-refractivity contribution in [3.63, 3.8) is 0 Å². The number of rotatable bonds is 8. The molecule has 7 heteroatoms. The van der Waals surface area contributed by atoms with Gasteiger partial charge in [0.2, 0.25) is 11.8 Å². The molecule has 2 amide bonds. The van der Waals surface area contributed by atoms with Crippen LogP contribution < -0.4 is 10.6 Å². The summed E-state index contributed by atoms with van der Waals surface area (Å²) in [4.78, 5) is 37.0. The lowest BCUT2D eigenvalue weighted by Gasteiger charge is -2.22. The molecule has 0 fully saturated rings. The van der Waals surface area contributed by atoms with Crippen LogP contribution in [0.4, 0.5) is 4.39 Å². The molecule has 0 aliphatic carbocycles. The van der Waals surface area contributed by atoms with Gasteiger partial charge in [0.15, 0.2) is 0 Å². The highest BCUT2D eigenvalue weighted by molar-refractivity contribution is 5.91. The zero-order valence-electron chi connectivity index (χ0n) is 17.9. The minimum atomic E-state index is -1.05. The fraction of sp³-hybridized carbons (Fsp3) is 0.240. The van der Waals surface area contributed by atoms with E-state index in [-0.39, 0.29) is 18.4 Å². The number of esters is 1. The Bertz CT molecular complexity index is 1130. The molecular formula is C25H25FN2O4. The van der Waals surface area contributed by atoms with Gasteiger partial charge in [0.05, 0.1) is 7.11 Å². The molecule has 166 valence electrons. The minimum Gasteiger partial charge on any atom is -0.467 e. The van der Waals surface area contributed by atoms with Crippen LogP contribution in [0.2, 0.25) is 0 Å². The Balaban J connectivity index is 1.79. The van der Waals surface area contributed by atoms with Crippen molar-refractivity contribution in [3.8, 4) is 0 Å². The van der Waals surface area contributed by atoms with E-state index in [9.17, 15) is 18.8 Å². The first-order chi connectivity index (χ1) is 15.4. The van der Waals surface area contributed by atoms with Crippen molar-refractivity contribution in [1.29, 1.82) is 0 Å². The zero-order valence-corrected chi connectivity index (χ0v) is 17.9. The number of halogens is 1. The predicted octanol–water partition coefficient (Wildman–Crippen LogP) is 2.93. The Kier molecular flexibility index (Phi) is 7.54. The largest absolute Gasteiger partial charge is 0.467 e. The van der Waals surface area contributed by atoms with Crippen molar-refractivity contribution in [2.24, 2.45) is 0 Å². The van der Waals surface area contributed by atoms with Crippen molar-refractivity contribution >= 4 is 28.6 Å². The van der Waals surface area contributed by atoms with Crippen LogP contribution in [0, 0.1) is 5.82 Å². The number of nitrogens with one attached hydrogen (secondary N) is 2. The van der Waals surface area contributed by atoms with Gasteiger partial charge in [-0.3, -0.25) is 9.59 Å². The molecule has 0 saturated heterocycles. The van der Waals surface area contributed by atoms with Gasteiger partial charge in [0.1, 0.15) is 17.9 Å². The van der Waals surface area contributed by atoms with E-state index < -0.39 is 35.7 Å². The molecule has 0 bridgehead atoms. The molecule has 2 atom stereocenters. The van der Waals surface area contributed by atoms with E-state index in [1.807, 2.05) is 42.5 Å². The molecule has 3 rings (SSSR count). The van der Waals surface area contributed by atoms with E-state index in [0.717, 1.165) is 16.3 Å². The van der Waals surface area contributed by atoms with Crippen LogP contribution in [0.1, 0.15) is 18.1 Å². The van der Waals surface area contributed by atoms with Crippen molar-refractivity contribution < 1.29 is 23.5 Å². The van der Waals surface area contributed by atoms with Gasteiger partial charge in [-0.15, -0.1) is 0 Å². The summed E-state index contributed by atoms with van der Waals surface area (Å²) < 4.78 is 19.0. The summed E-state index contributed by atoms with van der Waals surface area (Å²) in [6.07, 6.45) is 0.150. The summed E-state index contributed by atoms with van der Waals surface area (Å²) in [5, 5.41) is 7.27. The van der Waals surface area contributed by atoms with Crippen LogP contribution in [0.15, 0.2) is 66.7 Å². The molecular weight excluding hydrogens is 411 g/mol. The maximum Gasteiger partial charge on any atom is 0.328 e. The van der Waals surface area contributed by atoms with Crippen molar-refractivity contribution in [3.05, 3.63) is 83.7 Å². The second kappa shape index (κ2) is 10.5. The Morgan fingerprint density at radius 1 is 0.875 bits per heavy atom. The molecule has 3 aromatic rings. The Labute approximate surface area is 185 Å². The molecule has 0 saturated carbocycles. The van der Waals surface area contributed by atoms with E-state index in [1.54, 1.807) is 18.2 Å². The van der Waals surface area contributed by atoms with Crippen LogP contribution >= 0.6 is 0 Å². The number of carbonyl (C=O) groups is 3. The van der Waals surface area contributed by atoms with E-state index in [0.29, 0.717) is 0 Å². The average molecular weight is 436 g/mol. The van der Waals surface area contributed by atoms with E-state index in [4.69, 9.17) is 4.74 Å². The molecule has 0 aromatic heterocycles. The molecule has 6 nitrogen and oxygen atoms in total. The lowest BCUT2D eigenvalue weighted by Crippen LogP contribution is -2.53. The Morgan fingerprint density at radius 3 is 2.25 bits per heavy atom. The quantitative estimate of drug-likeness (QED) is 0.532. The third-order valence-electron chi connectivity index (χ3n) is 5.13. The molecule has 0 heterocycles. The fourth-order valence-electron chi connectivity index (χ4n) is 3.55. The van der Waals surface area contributed by atoms with Gasteiger partial charge in [-0.2, -0.15) is 0 Å². The van der Waals surface area contributed by atoms with Crippen LogP contribution in [0.5, 0.6) is 0 Å². The summed E-state index contributed by atoms with van der Waals surface area (Å²) in [7, 11) is 1.24. The number of hydrogen-bond acceptors (Lipinski definition) is 4. The monoisotopic (exact) mass is 436 g/mol. The molecule has 0 unspecified atom stereocenters. The van der Waals surface area contributed by atoms with Gasteiger partial charge in [0.25, 0.3) is 0 Å². The smallest absolute Gasteiger partial charge is 0.328 e. The van der Waals surface area contributed by atoms with E-state index in [2.05, 4.69) is 10.6 Å². The highest BCUT2D eigenvalue weighted by atomic mass is 19.1. The van der Waals surface area contributed by atoms with Gasteiger partial charge in [-0.05, 0) is 28.0 Å². The summed E-state index contributed by atoms with van der Waals surface area (Å²) in [6, 6.07) is 17.6. The molecule has 32 heavy (non-hydrogen) atoms. The number of fused-ring (bicyclic) bond motifs is 1. The first-order valence-electron chi connectivity index (χ1n) is 10.2. The van der Waals surface area contributed by atoms with Crippen molar-refractivity contribution in [2.45, 2.75) is 31.8 Å². The zero-order chi connectivity index (χ0) is 23.1. The maximum atomic E-state index is 14.1. The van der Waals surface area contributed by atoms with E-state index >= 15 is 0 Å². The molecule has 0 radical (unpaired) electrons. The standard InChI is InChI=1S/C25H25FN2O4/c1-16(29)27-22(15-20-9-5-6-10-21(20)26)24(30)28-23(25(31)32-2)14-17-11-12-18-7-3-4-8-19(18)13-17/h3-13,22-23H,14-15H2,1-2H3,(H,27,29)(H,28,30)/t22-,23-/m1/s1. The second-order valence-electron chi connectivity index (χ2n) is 7.52. The number of hydrogen-bond donors (Lipinski definition) is 2. The normalized spacial score (nSPS) is 12.6. The van der Waals surface area contributed by atoms with Gasteiger partial charge >= 0.3 is 5.97 Å². The van der Waals surface area contributed by atoms with Gasteiger partial charge in [0, 0.05) is 19.8 Å². The number of carbonyl (C=O) groups excluding carboxylic acids is 3.